The fourth-order valence-corrected chi connectivity index (χ4v) is 1.30. The molecule has 0 aromatic rings. The van der Waals surface area contributed by atoms with Crippen molar-refractivity contribution in [3.05, 3.63) is 12.7 Å². The number of alkyl halides is 17. The maximum absolute atomic E-state index is 13.0. The van der Waals surface area contributed by atoms with Gasteiger partial charge in [-0.3, -0.25) is 0 Å². The Morgan fingerprint density at radius 2 is 0.607 bits per heavy atom. The van der Waals surface area contributed by atoms with Gasteiger partial charge in [0.15, 0.2) is 0 Å². The van der Waals surface area contributed by atoms with Crippen molar-refractivity contribution in [2.75, 3.05) is 0 Å². The van der Waals surface area contributed by atoms with Crippen molar-refractivity contribution in [2.45, 2.75) is 47.6 Å². The minimum absolute atomic E-state index is 0. The van der Waals surface area contributed by atoms with Crippen molar-refractivity contribution in [3.8, 4) is 0 Å². The van der Waals surface area contributed by atoms with Crippen LogP contribution in [0.5, 0.6) is 0 Å². The quantitative estimate of drug-likeness (QED) is 0.291. The summed E-state index contributed by atoms with van der Waals surface area (Å²) < 4.78 is 215. The molecule has 28 heavy (non-hydrogen) atoms. The van der Waals surface area contributed by atoms with Gasteiger partial charge in [0.2, 0.25) is 0 Å². The Morgan fingerprint density at radius 1 is 0.393 bits per heavy atom. The Hall–Kier alpha value is -0.866. The van der Waals surface area contributed by atoms with Gasteiger partial charge in [0.25, 0.3) is 0 Å². The second-order valence-electron chi connectivity index (χ2n) is 4.77. The molecular weight excluding hydrogens is 494 g/mol. The van der Waals surface area contributed by atoms with Crippen molar-refractivity contribution >= 4 is 0 Å². The molecule has 18 heteroatoms. The molecule has 0 aliphatic rings. The normalized spacial score (nSPS) is 15.9. The molecule has 0 heterocycles. The van der Waals surface area contributed by atoms with Crippen LogP contribution >= 0.6 is 0 Å². The molecule has 0 aromatic heterocycles. The molecule has 1 radical (unpaired) electrons. The van der Waals surface area contributed by atoms with E-state index in [1.54, 1.807) is 6.58 Å². The van der Waals surface area contributed by atoms with Gasteiger partial charge < -0.3 is 0 Å². The van der Waals surface area contributed by atoms with E-state index < -0.39 is 53.7 Å². The second-order valence-corrected chi connectivity index (χ2v) is 4.77. The van der Waals surface area contributed by atoms with Gasteiger partial charge in [0, 0.05) is 18.6 Å². The molecule has 0 amide bonds. The average Bonchev–Trinajstić information content (AvgIpc) is 2.44. The molecule has 0 atom stereocenters. The number of allylic oxidation sites excluding steroid dienone is 1. The summed E-state index contributed by atoms with van der Waals surface area (Å²) in [6.07, 6.45) is -9.25. The monoisotopic (exact) mass is 497 g/mol. The predicted molar refractivity (Wildman–Crippen MR) is 50.9 cm³/mol. The van der Waals surface area contributed by atoms with Crippen LogP contribution in [0, 0.1) is 0 Å². The minimum Gasteiger partial charge on any atom is -0.195 e. The summed E-state index contributed by atoms with van der Waals surface area (Å²) in [5.41, 5.74) is 0. The van der Waals surface area contributed by atoms with E-state index in [1.807, 2.05) is 0 Å². The van der Waals surface area contributed by atoms with Crippen LogP contribution < -0.4 is 0 Å². The summed E-state index contributed by atoms with van der Waals surface area (Å²) in [6, 6.07) is 0. The molecular formula is C10H3F17V. The largest absolute Gasteiger partial charge is 0.460 e. The summed E-state index contributed by atoms with van der Waals surface area (Å²) in [5, 5.41) is 0. The van der Waals surface area contributed by atoms with E-state index in [4.69, 9.17) is 0 Å². The fraction of sp³-hybridized carbons (Fsp3) is 0.800. The van der Waals surface area contributed by atoms with Gasteiger partial charge in [-0.1, -0.05) is 6.58 Å². The van der Waals surface area contributed by atoms with Crippen molar-refractivity contribution in [1.29, 1.82) is 0 Å². The SMILES string of the molecule is C=CC(F)(F)C(F)(F)C(F)(F)C(F)(F)C(F)(F)C(F)(F)C(F)(F)C(F)(F)F.[V]. The molecule has 0 saturated heterocycles. The Labute approximate surface area is 154 Å². The van der Waals surface area contributed by atoms with E-state index in [9.17, 15) is 74.6 Å². The number of halogens is 17. The van der Waals surface area contributed by atoms with Crippen molar-refractivity contribution in [2.24, 2.45) is 0 Å². The molecule has 0 aliphatic carbocycles. The van der Waals surface area contributed by atoms with Gasteiger partial charge in [-0.15, -0.1) is 0 Å². The van der Waals surface area contributed by atoms with E-state index in [-0.39, 0.29) is 18.6 Å². The van der Waals surface area contributed by atoms with Crippen LogP contribution in [0.1, 0.15) is 0 Å². The molecule has 0 unspecified atom stereocenters. The topological polar surface area (TPSA) is 0 Å². The van der Waals surface area contributed by atoms with Gasteiger partial charge in [0.05, 0.1) is 0 Å². The number of hydrogen-bond acceptors (Lipinski definition) is 0. The van der Waals surface area contributed by atoms with Crippen LogP contribution in [0.2, 0.25) is 0 Å². The van der Waals surface area contributed by atoms with E-state index in [2.05, 4.69) is 0 Å². The molecule has 0 saturated carbocycles. The Bertz CT molecular complexity index is 571. The van der Waals surface area contributed by atoms with E-state index in [0.717, 1.165) is 0 Å². The smallest absolute Gasteiger partial charge is 0.195 e. The molecule has 0 nitrogen and oxygen atoms in total. The zero-order valence-corrected chi connectivity index (χ0v) is 13.6. The molecule has 0 N–H and O–H groups in total. The zero-order valence-electron chi connectivity index (χ0n) is 12.2. The second kappa shape index (κ2) is 7.13. The van der Waals surface area contributed by atoms with Crippen molar-refractivity contribution in [1.82, 2.24) is 0 Å². The average molecular weight is 497 g/mol. The van der Waals surface area contributed by atoms with Crippen molar-refractivity contribution in [3.63, 3.8) is 0 Å². The summed E-state index contributed by atoms with van der Waals surface area (Å²) in [5.74, 6) is -56.2. The van der Waals surface area contributed by atoms with E-state index >= 15 is 0 Å². The van der Waals surface area contributed by atoms with Crippen molar-refractivity contribution < 1.29 is 93.2 Å². The molecule has 0 spiro atoms. The first kappa shape index (κ1) is 29.3. The summed E-state index contributed by atoms with van der Waals surface area (Å²) in [7, 11) is 0. The maximum Gasteiger partial charge on any atom is 0.460 e. The van der Waals surface area contributed by atoms with Crippen LogP contribution in [-0.4, -0.2) is 47.6 Å². The molecule has 0 aliphatic heterocycles. The van der Waals surface area contributed by atoms with E-state index in [1.165, 1.54) is 0 Å². The van der Waals surface area contributed by atoms with Crippen LogP contribution in [0.4, 0.5) is 74.6 Å². The summed E-state index contributed by atoms with van der Waals surface area (Å²) in [4.78, 5) is 0. The van der Waals surface area contributed by atoms with Gasteiger partial charge in [-0.2, -0.15) is 74.6 Å². The van der Waals surface area contributed by atoms with Gasteiger partial charge >= 0.3 is 47.6 Å². The van der Waals surface area contributed by atoms with Crippen LogP contribution in [0.15, 0.2) is 12.7 Å². The molecule has 0 rings (SSSR count). The predicted octanol–water partition coefficient (Wildman–Crippen LogP) is 6.18. The summed E-state index contributed by atoms with van der Waals surface area (Å²) >= 11 is 0. The van der Waals surface area contributed by atoms with Crippen LogP contribution in [0.25, 0.3) is 0 Å². The zero-order chi connectivity index (χ0) is 22.7. The third-order valence-electron chi connectivity index (χ3n) is 3.00. The Balaban J connectivity index is 0. The fourth-order valence-electron chi connectivity index (χ4n) is 1.30. The first-order valence-corrected chi connectivity index (χ1v) is 5.66. The van der Waals surface area contributed by atoms with Gasteiger partial charge in [-0.05, 0) is 6.08 Å². The Morgan fingerprint density at radius 3 is 0.821 bits per heavy atom. The summed E-state index contributed by atoms with van der Waals surface area (Å²) in [6.45, 7) is 1.76. The first-order valence-electron chi connectivity index (χ1n) is 5.66. The van der Waals surface area contributed by atoms with E-state index in [0.29, 0.717) is 0 Å². The van der Waals surface area contributed by atoms with Crippen LogP contribution in [0.3, 0.4) is 0 Å². The van der Waals surface area contributed by atoms with Gasteiger partial charge in [0.1, 0.15) is 0 Å². The van der Waals surface area contributed by atoms with Crippen LogP contribution in [-0.2, 0) is 18.6 Å². The standard InChI is InChI=1S/C10H3F17.V/c1-2-3(11,12)4(13,14)5(15,16)6(17,18)7(19,20)8(21,22)9(23,24)10(25,26)27;/h2H,1H2;. The third-order valence-corrected chi connectivity index (χ3v) is 3.00. The molecule has 0 aromatic carbocycles. The number of hydrogen-bond donors (Lipinski definition) is 0. The molecule has 167 valence electrons. The third kappa shape index (κ3) is 3.45. The maximum atomic E-state index is 13.0. The Kier molecular flexibility index (Phi) is 7.47. The molecule has 0 bridgehead atoms. The first-order chi connectivity index (χ1) is 11.3. The van der Waals surface area contributed by atoms with Gasteiger partial charge in [-0.25, -0.2) is 0 Å². The minimum atomic E-state index is -8.59. The molecule has 0 fully saturated rings. The number of rotatable bonds is 7.